The summed E-state index contributed by atoms with van der Waals surface area (Å²) in [5.74, 6) is 0.560. The molecule has 2 aromatic rings. The van der Waals surface area contributed by atoms with Gasteiger partial charge in [-0.1, -0.05) is 37.3 Å². The molecule has 0 N–H and O–H groups in total. The lowest BCUT2D eigenvalue weighted by Gasteiger charge is -2.16. The molecule has 0 bridgehead atoms. The molecule has 3 nitrogen and oxygen atoms in total. The Balaban J connectivity index is 2.04. The number of carbonyl (C=O) groups is 1. The topological polar surface area (TPSA) is 29.5 Å². The number of benzene rings is 2. The number of rotatable bonds is 3. The maximum atomic E-state index is 12.0. The number of nitrogens with zero attached hydrogens (tertiary/aromatic N) is 1. The Hall–Kier alpha value is -2.29. The van der Waals surface area contributed by atoms with E-state index in [1.165, 1.54) is 10.5 Å². The lowest BCUT2D eigenvalue weighted by atomic mass is 10.2. The lowest BCUT2D eigenvalue weighted by molar-refractivity contribution is 0.209. The summed E-state index contributed by atoms with van der Waals surface area (Å²) in [6.07, 6.45) is 0.577. The molecule has 2 rings (SSSR count). The number of ether oxygens (including phenoxy) is 1. The van der Waals surface area contributed by atoms with Crippen LogP contribution in [-0.2, 0) is 6.42 Å². The Bertz CT molecular complexity index is 534. The minimum Gasteiger partial charge on any atom is -0.410 e. The van der Waals surface area contributed by atoms with E-state index in [2.05, 4.69) is 6.92 Å². The number of hydrogen-bond donors (Lipinski definition) is 0. The van der Waals surface area contributed by atoms with Gasteiger partial charge < -0.3 is 4.74 Å². The number of aryl methyl sites for hydroxylation is 1. The molecule has 0 saturated carbocycles. The molecule has 98 valence electrons. The Morgan fingerprint density at radius 3 is 2.26 bits per heavy atom. The summed E-state index contributed by atoms with van der Waals surface area (Å²) < 4.78 is 5.32. The average Bonchev–Trinajstić information content (AvgIpc) is 2.48. The van der Waals surface area contributed by atoms with Crippen molar-refractivity contribution in [1.29, 1.82) is 0 Å². The van der Waals surface area contributed by atoms with Crippen LogP contribution in [0.5, 0.6) is 5.75 Å². The van der Waals surface area contributed by atoms with Crippen LogP contribution in [0.2, 0.25) is 0 Å². The van der Waals surface area contributed by atoms with Gasteiger partial charge in [0.2, 0.25) is 0 Å². The summed E-state index contributed by atoms with van der Waals surface area (Å²) in [5, 5.41) is 0. The number of carbonyl (C=O) groups excluding carboxylic acids is 1. The van der Waals surface area contributed by atoms with Crippen molar-refractivity contribution in [3.63, 3.8) is 0 Å². The van der Waals surface area contributed by atoms with Crippen molar-refractivity contribution in [3.8, 4) is 5.75 Å². The number of hydrogen-bond acceptors (Lipinski definition) is 2. The third-order valence-electron chi connectivity index (χ3n) is 2.95. The normalized spacial score (nSPS) is 10.0. The number of amides is 1. The first-order valence-electron chi connectivity index (χ1n) is 6.30. The van der Waals surface area contributed by atoms with Gasteiger partial charge in [0, 0.05) is 12.7 Å². The van der Waals surface area contributed by atoms with E-state index in [1.807, 2.05) is 54.6 Å². The third kappa shape index (κ3) is 3.35. The fraction of sp³-hybridized carbons (Fsp3) is 0.188. The van der Waals surface area contributed by atoms with Crippen LogP contribution in [0.15, 0.2) is 54.6 Å². The standard InChI is InChI=1S/C16H17NO2/c1-3-13-9-11-15(12-10-13)19-16(18)17(2)14-7-5-4-6-8-14/h4-12H,3H2,1-2H3. The molecule has 0 fully saturated rings. The second-order valence-electron chi connectivity index (χ2n) is 4.26. The van der Waals surface area contributed by atoms with Crippen LogP contribution in [0.1, 0.15) is 12.5 Å². The van der Waals surface area contributed by atoms with Gasteiger partial charge in [-0.15, -0.1) is 0 Å². The van der Waals surface area contributed by atoms with E-state index in [4.69, 9.17) is 4.74 Å². The van der Waals surface area contributed by atoms with Crippen LogP contribution in [0, 0.1) is 0 Å². The molecule has 2 aromatic carbocycles. The average molecular weight is 255 g/mol. The highest BCUT2D eigenvalue weighted by Gasteiger charge is 2.12. The zero-order valence-electron chi connectivity index (χ0n) is 11.2. The van der Waals surface area contributed by atoms with Gasteiger partial charge in [0.25, 0.3) is 0 Å². The maximum absolute atomic E-state index is 12.0. The van der Waals surface area contributed by atoms with E-state index in [9.17, 15) is 4.79 Å². The van der Waals surface area contributed by atoms with Gasteiger partial charge in [0.05, 0.1) is 0 Å². The van der Waals surface area contributed by atoms with E-state index < -0.39 is 6.09 Å². The predicted molar refractivity (Wildman–Crippen MR) is 76.7 cm³/mol. The smallest absolute Gasteiger partial charge is 0.410 e. The van der Waals surface area contributed by atoms with Gasteiger partial charge in [-0.05, 0) is 36.2 Å². The first kappa shape index (κ1) is 13.1. The van der Waals surface area contributed by atoms with Gasteiger partial charge in [0.1, 0.15) is 5.75 Å². The molecular formula is C16H17NO2. The Morgan fingerprint density at radius 2 is 1.68 bits per heavy atom. The van der Waals surface area contributed by atoms with E-state index in [-0.39, 0.29) is 0 Å². The van der Waals surface area contributed by atoms with Gasteiger partial charge in [-0.3, -0.25) is 4.90 Å². The van der Waals surface area contributed by atoms with Gasteiger partial charge in [-0.25, -0.2) is 4.79 Å². The van der Waals surface area contributed by atoms with Crippen molar-refractivity contribution in [1.82, 2.24) is 0 Å². The highest BCUT2D eigenvalue weighted by Crippen LogP contribution is 2.16. The number of para-hydroxylation sites is 1. The number of anilines is 1. The molecule has 0 aliphatic heterocycles. The molecule has 0 spiro atoms. The largest absolute Gasteiger partial charge is 0.419 e. The van der Waals surface area contributed by atoms with Crippen LogP contribution in [0.25, 0.3) is 0 Å². The molecule has 0 aliphatic carbocycles. The van der Waals surface area contributed by atoms with Crippen LogP contribution in [0.3, 0.4) is 0 Å². The first-order valence-corrected chi connectivity index (χ1v) is 6.30. The molecule has 19 heavy (non-hydrogen) atoms. The SMILES string of the molecule is CCc1ccc(OC(=O)N(C)c2ccccc2)cc1. The molecule has 0 saturated heterocycles. The molecule has 0 atom stereocenters. The highest BCUT2D eigenvalue weighted by molar-refractivity contribution is 5.88. The second kappa shape index (κ2) is 6.05. The summed E-state index contributed by atoms with van der Waals surface area (Å²) >= 11 is 0. The summed E-state index contributed by atoms with van der Waals surface area (Å²) in [4.78, 5) is 13.5. The fourth-order valence-corrected chi connectivity index (χ4v) is 1.72. The van der Waals surface area contributed by atoms with Crippen LogP contribution in [0.4, 0.5) is 10.5 Å². The van der Waals surface area contributed by atoms with E-state index >= 15 is 0 Å². The molecule has 0 unspecified atom stereocenters. The van der Waals surface area contributed by atoms with Crippen molar-refractivity contribution in [3.05, 3.63) is 60.2 Å². The van der Waals surface area contributed by atoms with Gasteiger partial charge in [-0.2, -0.15) is 0 Å². The summed E-state index contributed by atoms with van der Waals surface area (Å²) in [6.45, 7) is 2.09. The predicted octanol–water partition coefficient (Wildman–Crippen LogP) is 3.88. The van der Waals surface area contributed by atoms with Crippen molar-refractivity contribution < 1.29 is 9.53 Å². The van der Waals surface area contributed by atoms with Gasteiger partial charge >= 0.3 is 6.09 Å². The molecular weight excluding hydrogens is 238 g/mol. The second-order valence-corrected chi connectivity index (χ2v) is 4.26. The summed E-state index contributed by atoms with van der Waals surface area (Å²) in [5.41, 5.74) is 2.02. The minimum absolute atomic E-state index is 0.393. The van der Waals surface area contributed by atoms with Crippen molar-refractivity contribution in [2.75, 3.05) is 11.9 Å². The third-order valence-corrected chi connectivity index (χ3v) is 2.95. The van der Waals surface area contributed by atoms with Crippen molar-refractivity contribution in [2.24, 2.45) is 0 Å². The van der Waals surface area contributed by atoms with E-state index in [1.54, 1.807) is 7.05 Å². The summed E-state index contributed by atoms with van der Waals surface area (Å²) in [7, 11) is 1.69. The van der Waals surface area contributed by atoms with Crippen LogP contribution >= 0.6 is 0 Å². The van der Waals surface area contributed by atoms with Gasteiger partial charge in [0.15, 0.2) is 0 Å². The molecule has 0 aliphatic rings. The molecule has 0 aromatic heterocycles. The van der Waals surface area contributed by atoms with E-state index in [0.29, 0.717) is 5.75 Å². The van der Waals surface area contributed by atoms with Crippen molar-refractivity contribution >= 4 is 11.8 Å². The van der Waals surface area contributed by atoms with Crippen LogP contribution < -0.4 is 9.64 Å². The maximum Gasteiger partial charge on any atom is 0.419 e. The zero-order valence-corrected chi connectivity index (χ0v) is 11.2. The Kier molecular flexibility index (Phi) is 4.18. The first-order chi connectivity index (χ1) is 9.20. The fourth-order valence-electron chi connectivity index (χ4n) is 1.72. The minimum atomic E-state index is -0.393. The van der Waals surface area contributed by atoms with E-state index in [0.717, 1.165) is 12.1 Å². The quantitative estimate of drug-likeness (QED) is 0.832. The zero-order chi connectivity index (χ0) is 13.7. The monoisotopic (exact) mass is 255 g/mol. The summed E-state index contributed by atoms with van der Waals surface area (Å²) in [6, 6.07) is 17.0. The molecule has 0 heterocycles. The molecule has 3 heteroatoms. The van der Waals surface area contributed by atoms with Crippen LogP contribution in [-0.4, -0.2) is 13.1 Å². The Labute approximate surface area is 113 Å². The van der Waals surface area contributed by atoms with Crippen molar-refractivity contribution in [2.45, 2.75) is 13.3 Å². The highest BCUT2D eigenvalue weighted by atomic mass is 16.6. The Morgan fingerprint density at radius 1 is 1.05 bits per heavy atom. The molecule has 1 amide bonds. The lowest BCUT2D eigenvalue weighted by Crippen LogP contribution is -2.29. The molecule has 0 radical (unpaired) electrons.